The van der Waals surface area contributed by atoms with Gasteiger partial charge in [-0.1, -0.05) is 153 Å². The van der Waals surface area contributed by atoms with Crippen LogP contribution in [-0.2, 0) is 5.41 Å². The fourth-order valence-electron chi connectivity index (χ4n) is 8.48. The van der Waals surface area contributed by atoms with Gasteiger partial charge in [0.1, 0.15) is 0 Å². The van der Waals surface area contributed by atoms with E-state index in [4.69, 9.17) is 0 Å². The average Bonchev–Trinajstić information content (AvgIpc) is 3.71. The summed E-state index contributed by atoms with van der Waals surface area (Å²) < 4.78 is 2.62. The molecule has 0 N–H and O–H groups in total. The van der Waals surface area contributed by atoms with E-state index in [2.05, 4.69) is 207 Å². The second-order valence-corrected chi connectivity index (χ2v) is 15.6. The van der Waals surface area contributed by atoms with Gasteiger partial charge in [-0.2, -0.15) is 0 Å². The molecule has 0 saturated heterocycles. The molecule has 252 valence electrons. The lowest BCUT2D eigenvalue weighted by Crippen LogP contribution is -2.15. The molecule has 1 heterocycles. The number of thiophene rings is 1. The van der Waals surface area contributed by atoms with Gasteiger partial charge in [-0.05, 0) is 98.6 Å². The molecule has 0 radical (unpaired) electrons. The van der Waals surface area contributed by atoms with Gasteiger partial charge in [0.2, 0.25) is 0 Å². The molecule has 0 spiro atoms. The Morgan fingerprint density at radius 3 is 1.81 bits per heavy atom. The summed E-state index contributed by atoms with van der Waals surface area (Å²) in [6, 6.07) is 69.1. The summed E-state index contributed by atoms with van der Waals surface area (Å²) in [6.45, 7) is 4.70. The van der Waals surface area contributed by atoms with E-state index in [-0.39, 0.29) is 5.41 Å². The SMILES string of the molecule is CC1(C)c2ccccc2-c2cc(N(c3ccc(-c4cccc(-c5ccccc5)c4)cc3)c3ccccc3-c3cccc4sc5ccccc5c34)ccc21. The van der Waals surface area contributed by atoms with Gasteiger partial charge < -0.3 is 4.90 Å². The monoisotopic (exact) mass is 695 g/mol. The van der Waals surface area contributed by atoms with Crippen LogP contribution in [-0.4, -0.2) is 0 Å². The van der Waals surface area contributed by atoms with Crippen molar-refractivity contribution in [1.29, 1.82) is 0 Å². The molecule has 10 rings (SSSR count). The van der Waals surface area contributed by atoms with Crippen molar-refractivity contribution in [1.82, 2.24) is 0 Å². The largest absolute Gasteiger partial charge is 0.310 e. The molecular weight excluding hydrogens is 659 g/mol. The van der Waals surface area contributed by atoms with Crippen LogP contribution in [0, 0.1) is 0 Å². The Kier molecular flexibility index (Phi) is 7.42. The van der Waals surface area contributed by atoms with Crippen LogP contribution in [0.15, 0.2) is 188 Å². The Hall–Kier alpha value is -6.22. The van der Waals surface area contributed by atoms with E-state index in [0.29, 0.717) is 0 Å². The molecule has 0 aliphatic heterocycles. The highest BCUT2D eigenvalue weighted by atomic mass is 32.1. The third-order valence-electron chi connectivity index (χ3n) is 11.1. The molecule has 9 aromatic rings. The maximum Gasteiger partial charge on any atom is 0.0540 e. The van der Waals surface area contributed by atoms with Crippen LogP contribution in [0.3, 0.4) is 0 Å². The molecule has 0 saturated carbocycles. The van der Waals surface area contributed by atoms with Gasteiger partial charge in [0.15, 0.2) is 0 Å². The number of anilines is 3. The molecule has 0 bridgehead atoms. The first kappa shape index (κ1) is 31.5. The predicted octanol–water partition coefficient (Wildman–Crippen LogP) is 14.8. The lowest BCUT2D eigenvalue weighted by molar-refractivity contribution is 0.660. The van der Waals surface area contributed by atoms with E-state index in [0.717, 1.165) is 17.1 Å². The van der Waals surface area contributed by atoms with Gasteiger partial charge >= 0.3 is 0 Å². The highest BCUT2D eigenvalue weighted by Gasteiger charge is 2.35. The maximum absolute atomic E-state index is 2.46. The quantitative estimate of drug-likeness (QED) is 0.167. The second kappa shape index (κ2) is 12.5. The Bertz CT molecular complexity index is 2810. The number of nitrogens with zero attached hydrogens (tertiary/aromatic N) is 1. The second-order valence-electron chi connectivity index (χ2n) is 14.5. The van der Waals surface area contributed by atoms with E-state index in [9.17, 15) is 0 Å². The van der Waals surface area contributed by atoms with Crippen LogP contribution < -0.4 is 4.90 Å². The van der Waals surface area contributed by atoms with Crippen molar-refractivity contribution in [3.05, 3.63) is 199 Å². The van der Waals surface area contributed by atoms with Crippen LogP contribution >= 0.6 is 11.3 Å². The smallest absolute Gasteiger partial charge is 0.0540 e. The van der Waals surface area contributed by atoms with Gasteiger partial charge in [-0.3, -0.25) is 0 Å². The molecule has 1 nitrogen and oxygen atoms in total. The minimum Gasteiger partial charge on any atom is -0.310 e. The van der Waals surface area contributed by atoms with Crippen molar-refractivity contribution in [2.24, 2.45) is 0 Å². The number of hydrogen-bond donors (Lipinski definition) is 0. The number of fused-ring (bicyclic) bond motifs is 6. The zero-order valence-electron chi connectivity index (χ0n) is 29.8. The van der Waals surface area contributed by atoms with Gasteiger partial charge in [0, 0.05) is 42.5 Å². The lowest BCUT2D eigenvalue weighted by Gasteiger charge is -2.29. The van der Waals surface area contributed by atoms with Crippen LogP contribution in [0.4, 0.5) is 17.1 Å². The highest BCUT2D eigenvalue weighted by molar-refractivity contribution is 7.25. The molecule has 8 aromatic carbocycles. The van der Waals surface area contributed by atoms with E-state index in [1.54, 1.807) is 0 Å². The summed E-state index contributed by atoms with van der Waals surface area (Å²) in [5.41, 5.74) is 16.1. The third kappa shape index (κ3) is 5.21. The lowest BCUT2D eigenvalue weighted by atomic mass is 9.82. The fraction of sp³-hybridized carbons (Fsp3) is 0.0588. The molecule has 0 fully saturated rings. The summed E-state index contributed by atoms with van der Waals surface area (Å²) in [7, 11) is 0. The summed E-state index contributed by atoms with van der Waals surface area (Å²) in [5.74, 6) is 0. The van der Waals surface area contributed by atoms with Gasteiger partial charge in [-0.15, -0.1) is 11.3 Å². The van der Waals surface area contributed by atoms with Crippen molar-refractivity contribution in [3.8, 4) is 44.5 Å². The molecule has 0 amide bonds. The minimum atomic E-state index is -0.0568. The standard InChI is InChI=1S/C51H37NS/c1-51(2)45-22-9-6-18-40(45)44-33-39(30-31-46(44)51)52(38-28-26-35(27-29-38)37-17-12-16-36(32-37)34-14-4-3-5-15-34)47-23-10-7-19-41(47)42-21-13-25-49-50(42)43-20-8-11-24-48(43)53-49/h3-33H,1-2H3. The van der Waals surface area contributed by atoms with Crippen LogP contribution in [0.5, 0.6) is 0 Å². The number of hydrogen-bond acceptors (Lipinski definition) is 2. The summed E-state index contributed by atoms with van der Waals surface area (Å²) in [4.78, 5) is 2.46. The molecule has 0 unspecified atom stereocenters. The van der Waals surface area contributed by atoms with E-state index in [1.807, 2.05) is 11.3 Å². The van der Waals surface area contributed by atoms with E-state index in [1.165, 1.54) is 75.8 Å². The minimum absolute atomic E-state index is 0.0568. The normalized spacial score (nSPS) is 12.9. The van der Waals surface area contributed by atoms with Crippen molar-refractivity contribution in [2.75, 3.05) is 4.90 Å². The first-order valence-corrected chi connectivity index (χ1v) is 19.2. The van der Waals surface area contributed by atoms with E-state index < -0.39 is 0 Å². The van der Waals surface area contributed by atoms with Crippen molar-refractivity contribution < 1.29 is 0 Å². The highest BCUT2D eigenvalue weighted by Crippen LogP contribution is 2.52. The van der Waals surface area contributed by atoms with Gasteiger partial charge in [-0.25, -0.2) is 0 Å². The third-order valence-corrected chi connectivity index (χ3v) is 12.2. The van der Waals surface area contributed by atoms with Crippen molar-refractivity contribution in [2.45, 2.75) is 19.3 Å². The molecular formula is C51H37NS. The van der Waals surface area contributed by atoms with Gasteiger partial charge in [0.05, 0.1) is 5.69 Å². The summed E-state index contributed by atoms with van der Waals surface area (Å²) in [6.07, 6.45) is 0. The van der Waals surface area contributed by atoms with Crippen LogP contribution in [0.25, 0.3) is 64.7 Å². The number of para-hydroxylation sites is 1. The molecule has 2 heteroatoms. The molecule has 1 aromatic heterocycles. The molecule has 0 atom stereocenters. The van der Waals surface area contributed by atoms with Crippen molar-refractivity contribution in [3.63, 3.8) is 0 Å². The Balaban J connectivity index is 1.16. The van der Waals surface area contributed by atoms with Crippen LogP contribution in [0.1, 0.15) is 25.0 Å². The average molecular weight is 696 g/mol. The zero-order chi connectivity index (χ0) is 35.5. The Morgan fingerprint density at radius 2 is 0.981 bits per heavy atom. The van der Waals surface area contributed by atoms with Crippen LogP contribution in [0.2, 0.25) is 0 Å². The van der Waals surface area contributed by atoms with Crippen molar-refractivity contribution >= 4 is 48.6 Å². The number of rotatable bonds is 6. The Labute approximate surface area is 315 Å². The molecule has 1 aliphatic carbocycles. The molecule has 1 aliphatic rings. The van der Waals surface area contributed by atoms with E-state index >= 15 is 0 Å². The summed E-state index contributed by atoms with van der Waals surface area (Å²) in [5, 5.41) is 2.63. The topological polar surface area (TPSA) is 3.24 Å². The number of benzene rings is 8. The fourth-order valence-corrected chi connectivity index (χ4v) is 9.61. The zero-order valence-corrected chi connectivity index (χ0v) is 30.6. The van der Waals surface area contributed by atoms with Gasteiger partial charge in [0.25, 0.3) is 0 Å². The first-order valence-electron chi connectivity index (χ1n) is 18.3. The first-order chi connectivity index (χ1) is 26.0. The Morgan fingerprint density at radius 1 is 0.396 bits per heavy atom. The predicted molar refractivity (Wildman–Crippen MR) is 228 cm³/mol. The molecule has 53 heavy (non-hydrogen) atoms. The maximum atomic E-state index is 2.46. The summed E-state index contributed by atoms with van der Waals surface area (Å²) >= 11 is 1.87.